The predicted octanol–water partition coefficient (Wildman–Crippen LogP) is 1.30. The highest BCUT2D eigenvalue weighted by Gasteiger charge is 2.08. The van der Waals surface area contributed by atoms with Gasteiger partial charge in [-0.25, -0.2) is 14.8 Å². The predicted molar refractivity (Wildman–Crippen MR) is 67.7 cm³/mol. The van der Waals surface area contributed by atoms with Gasteiger partial charge in [0.2, 0.25) is 5.95 Å². The Morgan fingerprint density at radius 1 is 1.50 bits per heavy atom. The van der Waals surface area contributed by atoms with Crippen molar-refractivity contribution in [3.63, 3.8) is 0 Å². The van der Waals surface area contributed by atoms with Gasteiger partial charge < -0.3 is 15.5 Å². The summed E-state index contributed by atoms with van der Waals surface area (Å²) in [4.78, 5) is 18.8. The number of aliphatic hydroxyl groups excluding tert-OH is 1. The number of anilines is 1. The summed E-state index contributed by atoms with van der Waals surface area (Å²) in [6.07, 6.45) is 1.78. The zero-order valence-electron chi connectivity index (χ0n) is 10.7. The van der Waals surface area contributed by atoms with E-state index in [0.717, 1.165) is 12.8 Å². The van der Waals surface area contributed by atoms with E-state index in [1.165, 1.54) is 6.07 Å². The third kappa shape index (κ3) is 4.67. The van der Waals surface area contributed by atoms with E-state index in [-0.39, 0.29) is 18.2 Å². The lowest BCUT2D eigenvalue weighted by Gasteiger charge is -2.09. The van der Waals surface area contributed by atoms with Crippen molar-refractivity contribution >= 4 is 11.9 Å². The third-order valence-electron chi connectivity index (χ3n) is 2.54. The molecule has 100 valence electrons. The molecule has 0 bridgehead atoms. The molecule has 0 fully saturated rings. The molecule has 1 unspecified atom stereocenters. The summed E-state index contributed by atoms with van der Waals surface area (Å²) in [7, 11) is 0. The van der Waals surface area contributed by atoms with Crippen LogP contribution in [-0.4, -0.2) is 39.3 Å². The van der Waals surface area contributed by atoms with Crippen LogP contribution in [0.15, 0.2) is 6.07 Å². The second-order valence-electron chi connectivity index (χ2n) is 4.38. The van der Waals surface area contributed by atoms with E-state index in [1.54, 1.807) is 6.92 Å². The van der Waals surface area contributed by atoms with Crippen LogP contribution in [-0.2, 0) is 0 Å². The molecule has 0 radical (unpaired) electrons. The summed E-state index contributed by atoms with van der Waals surface area (Å²) in [5.41, 5.74) is 0.613. The molecule has 6 heteroatoms. The van der Waals surface area contributed by atoms with Crippen LogP contribution in [0, 0.1) is 12.8 Å². The molecule has 1 rings (SSSR count). The summed E-state index contributed by atoms with van der Waals surface area (Å²) in [5, 5.41) is 20.7. The first kappa shape index (κ1) is 14.4. The molecule has 0 aromatic carbocycles. The zero-order chi connectivity index (χ0) is 13.5. The average molecular weight is 253 g/mol. The fourth-order valence-corrected chi connectivity index (χ4v) is 1.50. The number of carbonyl (C=O) groups is 1. The molecule has 1 aromatic rings. The summed E-state index contributed by atoms with van der Waals surface area (Å²) in [6, 6.07) is 1.43. The van der Waals surface area contributed by atoms with Crippen molar-refractivity contribution in [1.82, 2.24) is 9.97 Å². The van der Waals surface area contributed by atoms with Crippen LogP contribution >= 0.6 is 0 Å². The Bertz CT molecular complexity index is 410. The highest BCUT2D eigenvalue weighted by atomic mass is 16.4. The van der Waals surface area contributed by atoms with Gasteiger partial charge in [-0.05, 0) is 31.7 Å². The molecule has 0 spiro atoms. The van der Waals surface area contributed by atoms with Gasteiger partial charge in [0.25, 0.3) is 0 Å². The normalized spacial score (nSPS) is 12.2. The molecule has 18 heavy (non-hydrogen) atoms. The molecule has 3 N–H and O–H groups in total. The van der Waals surface area contributed by atoms with Crippen LogP contribution in [0.2, 0.25) is 0 Å². The molecule has 6 nitrogen and oxygen atoms in total. The maximum Gasteiger partial charge on any atom is 0.354 e. The molecule has 0 saturated carbocycles. The SMILES string of the molecule is Cc1cc(C(=O)O)nc(NCCCC(C)CO)n1. The molecule has 0 amide bonds. The number of carboxylic acid groups (broad SMARTS) is 1. The summed E-state index contributed by atoms with van der Waals surface area (Å²) < 4.78 is 0. The second-order valence-corrected chi connectivity index (χ2v) is 4.38. The molecule has 0 saturated heterocycles. The minimum Gasteiger partial charge on any atom is -0.477 e. The van der Waals surface area contributed by atoms with Gasteiger partial charge in [-0.3, -0.25) is 0 Å². The average Bonchev–Trinajstić information content (AvgIpc) is 2.33. The van der Waals surface area contributed by atoms with Gasteiger partial charge >= 0.3 is 5.97 Å². The Kier molecular flexibility index (Phi) is 5.51. The number of aromatic nitrogens is 2. The summed E-state index contributed by atoms with van der Waals surface area (Å²) >= 11 is 0. The van der Waals surface area contributed by atoms with Crippen LogP contribution in [0.4, 0.5) is 5.95 Å². The number of aliphatic hydroxyl groups is 1. The lowest BCUT2D eigenvalue weighted by molar-refractivity contribution is 0.0690. The minimum atomic E-state index is -1.06. The first-order valence-electron chi connectivity index (χ1n) is 5.96. The zero-order valence-corrected chi connectivity index (χ0v) is 10.7. The van der Waals surface area contributed by atoms with E-state index in [4.69, 9.17) is 10.2 Å². The monoisotopic (exact) mass is 253 g/mol. The number of nitrogens with one attached hydrogen (secondary N) is 1. The van der Waals surface area contributed by atoms with Gasteiger partial charge in [0.15, 0.2) is 5.69 Å². The van der Waals surface area contributed by atoms with Gasteiger partial charge in [-0.1, -0.05) is 6.92 Å². The van der Waals surface area contributed by atoms with Gasteiger partial charge in [-0.2, -0.15) is 0 Å². The Morgan fingerprint density at radius 3 is 2.83 bits per heavy atom. The quantitative estimate of drug-likeness (QED) is 0.634. The van der Waals surface area contributed by atoms with E-state index in [0.29, 0.717) is 18.2 Å². The van der Waals surface area contributed by atoms with E-state index in [9.17, 15) is 4.79 Å². The highest BCUT2D eigenvalue weighted by molar-refractivity contribution is 5.85. The van der Waals surface area contributed by atoms with Gasteiger partial charge in [0, 0.05) is 18.8 Å². The van der Waals surface area contributed by atoms with Crippen molar-refractivity contribution in [3.05, 3.63) is 17.5 Å². The van der Waals surface area contributed by atoms with E-state index in [1.807, 2.05) is 6.92 Å². The van der Waals surface area contributed by atoms with Gasteiger partial charge in [-0.15, -0.1) is 0 Å². The van der Waals surface area contributed by atoms with Crippen LogP contribution in [0.1, 0.15) is 35.9 Å². The van der Waals surface area contributed by atoms with Crippen molar-refractivity contribution in [1.29, 1.82) is 0 Å². The maximum atomic E-state index is 10.8. The molecule has 0 aliphatic heterocycles. The first-order chi connectivity index (χ1) is 8.52. The Morgan fingerprint density at radius 2 is 2.22 bits per heavy atom. The van der Waals surface area contributed by atoms with Crippen molar-refractivity contribution in [2.45, 2.75) is 26.7 Å². The van der Waals surface area contributed by atoms with Gasteiger partial charge in [0.05, 0.1) is 0 Å². The van der Waals surface area contributed by atoms with Crippen LogP contribution < -0.4 is 5.32 Å². The number of aryl methyl sites for hydroxylation is 1. The number of hydrogen-bond donors (Lipinski definition) is 3. The molecule has 1 aromatic heterocycles. The fourth-order valence-electron chi connectivity index (χ4n) is 1.50. The van der Waals surface area contributed by atoms with E-state index < -0.39 is 5.97 Å². The highest BCUT2D eigenvalue weighted by Crippen LogP contribution is 2.07. The standard InChI is InChI=1S/C12H19N3O3/c1-8(7-16)4-3-5-13-12-14-9(2)6-10(15-12)11(17)18/h6,8,16H,3-5,7H2,1-2H3,(H,17,18)(H,13,14,15). The smallest absolute Gasteiger partial charge is 0.354 e. The molecule has 1 heterocycles. The molecule has 0 aliphatic carbocycles. The van der Waals surface area contributed by atoms with E-state index >= 15 is 0 Å². The largest absolute Gasteiger partial charge is 0.477 e. The number of carboxylic acids is 1. The number of aromatic carboxylic acids is 1. The van der Waals surface area contributed by atoms with Crippen LogP contribution in [0.3, 0.4) is 0 Å². The lowest BCUT2D eigenvalue weighted by Crippen LogP contribution is -2.11. The summed E-state index contributed by atoms with van der Waals surface area (Å²) in [6.45, 7) is 4.55. The molecular formula is C12H19N3O3. The van der Waals surface area contributed by atoms with Crippen LogP contribution in [0.5, 0.6) is 0 Å². The summed E-state index contributed by atoms with van der Waals surface area (Å²) in [5.74, 6) is -0.443. The second kappa shape index (κ2) is 6.90. The number of rotatable bonds is 7. The lowest BCUT2D eigenvalue weighted by atomic mass is 10.1. The van der Waals surface area contributed by atoms with Crippen molar-refractivity contribution < 1.29 is 15.0 Å². The molecule has 0 aliphatic rings. The maximum absolute atomic E-state index is 10.8. The van der Waals surface area contributed by atoms with Crippen molar-refractivity contribution in [3.8, 4) is 0 Å². The first-order valence-corrected chi connectivity index (χ1v) is 5.96. The molecular weight excluding hydrogens is 234 g/mol. The third-order valence-corrected chi connectivity index (χ3v) is 2.54. The Labute approximate surface area is 106 Å². The Hall–Kier alpha value is -1.69. The Balaban J connectivity index is 2.49. The number of hydrogen-bond acceptors (Lipinski definition) is 5. The van der Waals surface area contributed by atoms with Crippen LogP contribution in [0.25, 0.3) is 0 Å². The molecule has 1 atom stereocenters. The fraction of sp³-hybridized carbons (Fsp3) is 0.583. The minimum absolute atomic E-state index is 0.00581. The van der Waals surface area contributed by atoms with Gasteiger partial charge in [0.1, 0.15) is 0 Å². The van der Waals surface area contributed by atoms with Crippen molar-refractivity contribution in [2.24, 2.45) is 5.92 Å². The number of nitrogens with zero attached hydrogens (tertiary/aromatic N) is 2. The van der Waals surface area contributed by atoms with E-state index in [2.05, 4.69) is 15.3 Å². The van der Waals surface area contributed by atoms with Crippen molar-refractivity contribution in [2.75, 3.05) is 18.5 Å². The topological polar surface area (TPSA) is 95.3 Å².